The van der Waals surface area contributed by atoms with Crippen LogP contribution in [-0.4, -0.2) is 56.8 Å². The monoisotopic (exact) mass is 466 g/mol. The average molecular weight is 466 g/mol. The van der Waals surface area contributed by atoms with E-state index in [1.165, 1.54) is 24.3 Å². The summed E-state index contributed by atoms with van der Waals surface area (Å²) in [5.74, 6) is 0.337. The van der Waals surface area contributed by atoms with Gasteiger partial charge in [0.15, 0.2) is 18.1 Å². The van der Waals surface area contributed by atoms with E-state index in [-0.39, 0.29) is 24.0 Å². The summed E-state index contributed by atoms with van der Waals surface area (Å²) < 4.78 is 51.8. The van der Waals surface area contributed by atoms with Crippen LogP contribution in [0.15, 0.2) is 42.5 Å². The standard InChI is InChI=1S/C23H25F3N2O5/c1-31-19-8-3-15(11-20(19)32-2)9-10-28-13-16(12-21(28)29)22(30)27-17-4-6-18(7-5-17)33-14-23(24,25)26/h3-8,11,16H,9-10,12-14H2,1-2H3,(H,27,30). The van der Waals surface area contributed by atoms with Crippen LogP contribution in [0.4, 0.5) is 18.9 Å². The predicted octanol–water partition coefficient (Wildman–Crippen LogP) is 3.67. The number of nitrogens with one attached hydrogen (secondary N) is 1. The lowest BCUT2D eigenvalue weighted by Crippen LogP contribution is -2.30. The van der Waals surface area contributed by atoms with Crippen LogP contribution in [0, 0.1) is 5.92 Å². The van der Waals surface area contributed by atoms with Gasteiger partial charge in [-0.3, -0.25) is 9.59 Å². The molecule has 7 nitrogen and oxygen atoms in total. The SMILES string of the molecule is COc1ccc(CCN2CC(C(=O)Nc3ccc(OCC(F)(F)F)cc3)CC2=O)cc1OC. The quantitative estimate of drug-likeness (QED) is 0.610. The highest BCUT2D eigenvalue weighted by Gasteiger charge is 2.34. The van der Waals surface area contributed by atoms with Crippen molar-refractivity contribution < 1.29 is 37.0 Å². The van der Waals surface area contributed by atoms with Crippen LogP contribution < -0.4 is 19.5 Å². The largest absolute Gasteiger partial charge is 0.493 e. The molecule has 1 N–H and O–H groups in total. The van der Waals surface area contributed by atoms with Gasteiger partial charge in [0.05, 0.1) is 20.1 Å². The number of benzene rings is 2. The van der Waals surface area contributed by atoms with Crippen LogP contribution in [0.25, 0.3) is 0 Å². The summed E-state index contributed by atoms with van der Waals surface area (Å²) in [5, 5.41) is 2.70. The number of carbonyl (C=O) groups is 2. The first-order valence-electron chi connectivity index (χ1n) is 10.3. The average Bonchev–Trinajstić information content (AvgIpc) is 3.17. The molecule has 2 amide bonds. The number of hydrogen-bond donors (Lipinski definition) is 1. The van der Waals surface area contributed by atoms with Crippen LogP contribution in [-0.2, 0) is 16.0 Å². The van der Waals surface area contributed by atoms with Crippen LogP contribution in [0.2, 0.25) is 0 Å². The van der Waals surface area contributed by atoms with E-state index in [4.69, 9.17) is 9.47 Å². The van der Waals surface area contributed by atoms with Gasteiger partial charge >= 0.3 is 6.18 Å². The number of halogens is 3. The number of likely N-dealkylation sites (tertiary alicyclic amines) is 1. The maximum atomic E-state index is 12.6. The highest BCUT2D eigenvalue weighted by Crippen LogP contribution is 2.28. The molecule has 2 aromatic rings. The van der Waals surface area contributed by atoms with Gasteiger partial charge in [-0.15, -0.1) is 0 Å². The fraction of sp³-hybridized carbons (Fsp3) is 0.391. The number of carbonyl (C=O) groups excluding carboxylic acids is 2. The number of rotatable bonds is 9. The lowest BCUT2D eigenvalue weighted by Gasteiger charge is -2.17. The summed E-state index contributed by atoms with van der Waals surface area (Å²) in [6.45, 7) is -0.629. The maximum Gasteiger partial charge on any atom is 0.422 e. The minimum Gasteiger partial charge on any atom is -0.493 e. The molecule has 10 heteroatoms. The fourth-order valence-electron chi connectivity index (χ4n) is 3.51. The van der Waals surface area contributed by atoms with Gasteiger partial charge in [0.25, 0.3) is 0 Å². The summed E-state index contributed by atoms with van der Waals surface area (Å²) in [6.07, 6.45) is -3.72. The highest BCUT2D eigenvalue weighted by molar-refractivity contribution is 5.97. The van der Waals surface area contributed by atoms with Crippen molar-refractivity contribution >= 4 is 17.5 Å². The summed E-state index contributed by atoms with van der Waals surface area (Å²) in [7, 11) is 3.11. The Hall–Kier alpha value is -3.43. The van der Waals surface area contributed by atoms with Crippen molar-refractivity contribution in [3.05, 3.63) is 48.0 Å². The molecule has 1 aliphatic heterocycles. The lowest BCUT2D eigenvalue weighted by molar-refractivity contribution is -0.153. The number of ether oxygens (including phenoxy) is 3. The molecule has 1 unspecified atom stereocenters. The van der Waals surface area contributed by atoms with Crippen molar-refractivity contribution in [3.8, 4) is 17.2 Å². The molecule has 0 radical (unpaired) electrons. The molecule has 2 aromatic carbocycles. The molecule has 0 aromatic heterocycles. The number of methoxy groups -OCH3 is 2. The molecule has 178 valence electrons. The molecule has 1 fully saturated rings. The topological polar surface area (TPSA) is 77.1 Å². The second-order valence-electron chi connectivity index (χ2n) is 7.60. The summed E-state index contributed by atoms with van der Waals surface area (Å²) in [6, 6.07) is 11.1. The van der Waals surface area contributed by atoms with Gasteiger partial charge in [-0.25, -0.2) is 0 Å². The minimum absolute atomic E-state index is 0.0442. The third-order valence-electron chi connectivity index (χ3n) is 5.23. The van der Waals surface area contributed by atoms with Crippen molar-refractivity contribution in [3.63, 3.8) is 0 Å². The molecule has 33 heavy (non-hydrogen) atoms. The van der Waals surface area contributed by atoms with E-state index in [9.17, 15) is 22.8 Å². The molecule has 3 rings (SSSR count). The van der Waals surface area contributed by atoms with E-state index < -0.39 is 18.7 Å². The van der Waals surface area contributed by atoms with E-state index in [2.05, 4.69) is 10.1 Å². The van der Waals surface area contributed by atoms with Gasteiger partial charge in [0.2, 0.25) is 11.8 Å². The number of hydrogen-bond acceptors (Lipinski definition) is 5. The molecule has 1 aliphatic rings. The van der Waals surface area contributed by atoms with Gasteiger partial charge in [-0.1, -0.05) is 6.07 Å². The first-order valence-corrected chi connectivity index (χ1v) is 10.3. The highest BCUT2D eigenvalue weighted by atomic mass is 19.4. The third kappa shape index (κ3) is 6.77. The Labute approximate surface area is 189 Å². The van der Waals surface area contributed by atoms with E-state index in [1.54, 1.807) is 25.2 Å². The Balaban J connectivity index is 1.50. The van der Waals surface area contributed by atoms with Gasteiger partial charge in [0, 0.05) is 25.2 Å². The molecular formula is C23H25F3N2O5. The van der Waals surface area contributed by atoms with Crippen molar-refractivity contribution in [2.45, 2.75) is 19.0 Å². The molecule has 0 saturated carbocycles. The van der Waals surface area contributed by atoms with E-state index in [0.717, 1.165) is 5.56 Å². The minimum atomic E-state index is -4.42. The van der Waals surface area contributed by atoms with E-state index >= 15 is 0 Å². The number of anilines is 1. The van der Waals surface area contributed by atoms with Crippen LogP contribution in [0.3, 0.4) is 0 Å². The van der Waals surface area contributed by atoms with E-state index in [1.807, 2.05) is 12.1 Å². The molecule has 0 aliphatic carbocycles. The Morgan fingerprint density at radius 2 is 1.79 bits per heavy atom. The van der Waals surface area contributed by atoms with Crippen molar-refractivity contribution in [1.82, 2.24) is 4.90 Å². The Morgan fingerprint density at radius 3 is 2.42 bits per heavy atom. The predicted molar refractivity (Wildman–Crippen MR) is 115 cm³/mol. The van der Waals surface area contributed by atoms with Crippen molar-refractivity contribution in [1.29, 1.82) is 0 Å². The van der Waals surface area contributed by atoms with Gasteiger partial charge < -0.3 is 24.4 Å². The van der Waals surface area contributed by atoms with Crippen LogP contribution in [0.5, 0.6) is 17.2 Å². The summed E-state index contributed by atoms with van der Waals surface area (Å²) >= 11 is 0. The Kier molecular flexibility index (Phi) is 7.67. The number of nitrogens with zero attached hydrogens (tertiary/aromatic N) is 1. The smallest absolute Gasteiger partial charge is 0.422 e. The molecule has 0 bridgehead atoms. The molecular weight excluding hydrogens is 441 g/mol. The first-order chi connectivity index (χ1) is 15.7. The summed E-state index contributed by atoms with van der Waals surface area (Å²) in [4.78, 5) is 26.6. The number of alkyl halides is 3. The van der Waals surface area contributed by atoms with Crippen molar-refractivity contribution in [2.75, 3.05) is 39.2 Å². The first kappa shape index (κ1) is 24.2. The summed E-state index contributed by atoms with van der Waals surface area (Å²) in [5.41, 5.74) is 1.39. The lowest BCUT2D eigenvalue weighted by atomic mass is 10.1. The second-order valence-corrected chi connectivity index (χ2v) is 7.60. The Morgan fingerprint density at radius 1 is 1.09 bits per heavy atom. The molecule has 0 spiro atoms. The third-order valence-corrected chi connectivity index (χ3v) is 5.23. The zero-order chi connectivity index (χ0) is 24.0. The van der Waals surface area contributed by atoms with Gasteiger partial charge in [-0.05, 0) is 48.4 Å². The molecule has 1 heterocycles. The van der Waals surface area contributed by atoms with Gasteiger partial charge in [0.1, 0.15) is 5.75 Å². The van der Waals surface area contributed by atoms with Crippen LogP contribution >= 0.6 is 0 Å². The zero-order valence-corrected chi connectivity index (χ0v) is 18.3. The van der Waals surface area contributed by atoms with Gasteiger partial charge in [-0.2, -0.15) is 13.2 Å². The number of amides is 2. The fourth-order valence-corrected chi connectivity index (χ4v) is 3.51. The zero-order valence-electron chi connectivity index (χ0n) is 18.3. The van der Waals surface area contributed by atoms with E-state index in [0.29, 0.717) is 36.7 Å². The Bertz CT molecular complexity index is 979. The second kappa shape index (κ2) is 10.5. The molecule has 1 saturated heterocycles. The normalized spacial score (nSPS) is 16.0. The van der Waals surface area contributed by atoms with Crippen molar-refractivity contribution in [2.24, 2.45) is 5.92 Å². The molecule has 1 atom stereocenters. The van der Waals surface area contributed by atoms with Crippen LogP contribution in [0.1, 0.15) is 12.0 Å². The maximum absolute atomic E-state index is 12.6.